The van der Waals surface area contributed by atoms with Crippen molar-refractivity contribution in [2.45, 2.75) is 52.0 Å². The maximum absolute atomic E-state index is 13.1. The van der Waals surface area contributed by atoms with Crippen molar-refractivity contribution in [1.82, 2.24) is 20.1 Å². The number of urea groups is 1. The highest BCUT2D eigenvalue weighted by atomic mass is 32.1. The van der Waals surface area contributed by atoms with E-state index in [0.717, 1.165) is 22.9 Å². The lowest BCUT2D eigenvalue weighted by molar-refractivity contribution is -0.140. The molecule has 1 N–H and O–H groups in total. The zero-order chi connectivity index (χ0) is 21.5. The third kappa shape index (κ3) is 3.91. The van der Waals surface area contributed by atoms with Gasteiger partial charge >= 0.3 is 6.03 Å². The van der Waals surface area contributed by atoms with E-state index in [1.807, 2.05) is 5.38 Å². The molecule has 0 atom stereocenters. The average Bonchev–Trinajstić information content (AvgIpc) is 3.32. The summed E-state index contributed by atoms with van der Waals surface area (Å²) in [6, 6.07) is -0.427. The van der Waals surface area contributed by atoms with Gasteiger partial charge in [-0.05, 0) is 37.0 Å². The molecule has 0 unspecified atom stereocenters. The second-order valence-electron chi connectivity index (χ2n) is 9.73. The Morgan fingerprint density at radius 2 is 1.87 bits per heavy atom. The van der Waals surface area contributed by atoms with Crippen LogP contribution in [0.3, 0.4) is 0 Å². The van der Waals surface area contributed by atoms with Gasteiger partial charge in [-0.15, -0.1) is 11.3 Å². The van der Waals surface area contributed by atoms with Crippen molar-refractivity contribution >= 4 is 34.3 Å². The van der Waals surface area contributed by atoms with Crippen LogP contribution in [0.1, 0.15) is 46.5 Å². The van der Waals surface area contributed by atoms with Gasteiger partial charge in [0, 0.05) is 37.8 Å². The van der Waals surface area contributed by atoms with Crippen molar-refractivity contribution in [2.24, 2.45) is 11.3 Å². The van der Waals surface area contributed by atoms with Gasteiger partial charge in [-0.25, -0.2) is 9.78 Å². The van der Waals surface area contributed by atoms with Gasteiger partial charge in [0.05, 0.1) is 0 Å². The highest BCUT2D eigenvalue weighted by molar-refractivity contribution is 7.13. The third-order valence-corrected chi connectivity index (χ3v) is 7.76. The van der Waals surface area contributed by atoms with Gasteiger partial charge in [-0.1, -0.05) is 20.8 Å². The molecule has 9 heteroatoms. The van der Waals surface area contributed by atoms with Crippen molar-refractivity contribution in [3.8, 4) is 0 Å². The third-order valence-electron chi connectivity index (χ3n) is 6.93. The van der Waals surface area contributed by atoms with Crippen LogP contribution in [-0.4, -0.2) is 70.9 Å². The van der Waals surface area contributed by atoms with E-state index in [2.05, 4.69) is 36.0 Å². The van der Waals surface area contributed by atoms with Crippen molar-refractivity contribution in [3.63, 3.8) is 0 Å². The summed E-state index contributed by atoms with van der Waals surface area (Å²) >= 11 is 1.59. The highest BCUT2D eigenvalue weighted by Gasteiger charge is 2.53. The molecule has 0 radical (unpaired) electrons. The van der Waals surface area contributed by atoms with E-state index < -0.39 is 11.6 Å². The first-order valence-corrected chi connectivity index (χ1v) is 11.6. The van der Waals surface area contributed by atoms with Crippen LogP contribution in [0.15, 0.2) is 11.6 Å². The van der Waals surface area contributed by atoms with E-state index in [0.29, 0.717) is 44.9 Å². The first-order valence-electron chi connectivity index (χ1n) is 10.8. The minimum absolute atomic E-state index is 0.169. The van der Waals surface area contributed by atoms with E-state index in [-0.39, 0.29) is 23.8 Å². The lowest BCUT2D eigenvalue weighted by atomic mass is 9.67. The number of rotatable bonds is 3. The molecule has 1 aliphatic carbocycles. The van der Waals surface area contributed by atoms with Crippen LogP contribution in [0.5, 0.6) is 0 Å². The molecule has 1 aromatic heterocycles. The van der Waals surface area contributed by atoms with E-state index in [9.17, 15) is 14.4 Å². The largest absolute Gasteiger partial charge is 0.345 e. The van der Waals surface area contributed by atoms with Crippen LogP contribution in [0.4, 0.5) is 9.93 Å². The number of anilines is 1. The zero-order valence-corrected chi connectivity index (χ0v) is 18.8. The number of hydrogen-bond acceptors (Lipinski definition) is 6. The Balaban J connectivity index is 1.33. The van der Waals surface area contributed by atoms with Crippen molar-refractivity contribution < 1.29 is 14.4 Å². The van der Waals surface area contributed by atoms with Gasteiger partial charge in [-0.2, -0.15) is 0 Å². The molecule has 3 fully saturated rings. The molecule has 1 saturated carbocycles. The number of aromatic nitrogens is 1. The molecule has 4 rings (SSSR count). The minimum atomic E-state index is -0.817. The van der Waals surface area contributed by atoms with Gasteiger partial charge in [0.15, 0.2) is 5.13 Å². The summed E-state index contributed by atoms with van der Waals surface area (Å²) in [5.74, 6) is 0.144. The van der Waals surface area contributed by atoms with E-state index in [1.165, 1.54) is 0 Å². The van der Waals surface area contributed by atoms with Crippen LogP contribution in [-0.2, 0) is 9.59 Å². The summed E-state index contributed by atoms with van der Waals surface area (Å²) in [4.78, 5) is 47.9. The summed E-state index contributed by atoms with van der Waals surface area (Å²) in [7, 11) is 0. The molecule has 4 amide bonds. The fourth-order valence-corrected chi connectivity index (χ4v) is 5.59. The number of thiazole rings is 1. The second-order valence-corrected chi connectivity index (χ2v) is 10.6. The van der Waals surface area contributed by atoms with Gasteiger partial charge < -0.3 is 15.1 Å². The van der Waals surface area contributed by atoms with E-state index in [4.69, 9.17) is 0 Å². The Hall–Kier alpha value is -2.16. The zero-order valence-electron chi connectivity index (χ0n) is 18.0. The number of carbonyl (C=O) groups excluding carboxylic acids is 3. The molecule has 8 nitrogen and oxygen atoms in total. The van der Waals surface area contributed by atoms with Crippen molar-refractivity contribution in [3.05, 3.63) is 11.6 Å². The number of imide groups is 1. The van der Waals surface area contributed by atoms with Crippen molar-refractivity contribution in [2.75, 3.05) is 37.6 Å². The monoisotopic (exact) mass is 433 g/mol. The predicted octanol–water partition coefficient (Wildman–Crippen LogP) is 2.32. The van der Waals surface area contributed by atoms with Gasteiger partial charge in [0.2, 0.25) is 5.91 Å². The lowest BCUT2D eigenvalue weighted by Gasteiger charge is -2.40. The Kier molecular flexibility index (Phi) is 5.50. The first-order chi connectivity index (χ1) is 14.2. The number of nitrogens with one attached hydrogen (secondary N) is 1. The van der Waals surface area contributed by atoms with Crippen LogP contribution >= 0.6 is 11.3 Å². The Morgan fingerprint density at radius 3 is 2.43 bits per heavy atom. The van der Waals surface area contributed by atoms with Crippen LogP contribution < -0.4 is 10.2 Å². The minimum Gasteiger partial charge on any atom is -0.345 e. The van der Waals surface area contributed by atoms with Gasteiger partial charge in [-0.3, -0.25) is 14.5 Å². The van der Waals surface area contributed by atoms with Crippen LogP contribution in [0, 0.1) is 11.3 Å². The quantitative estimate of drug-likeness (QED) is 0.740. The number of hydrogen-bond donors (Lipinski definition) is 1. The molecule has 3 heterocycles. The summed E-state index contributed by atoms with van der Waals surface area (Å²) in [5, 5.41) is 5.83. The fraction of sp³-hybridized carbons (Fsp3) is 0.714. The summed E-state index contributed by atoms with van der Waals surface area (Å²) < 4.78 is 0. The molecule has 164 valence electrons. The molecule has 30 heavy (non-hydrogen) atoms. The first kappa shape index (κ1) is 21.1. The van der Waals surface area contributed by atoms with Gasteiger partial charge in [0.1, 0.15) is 12.1 Å². The smallest absolute Gasteiger partial charge is 0.325 e. The number of amides is 4. The maximum atomic E-state index is 13.1. The number of piperazine rings is 1. The fourth-order valence-electron chi connectivity index (χ4n) is 4.89. The Bertz CT molecular complexity index is 803. The van der Waals surface area contributed by atoms with Crippen LogP contribution in [0.25, 0.3) is 0 Å². The Labute approximate surface area is 181 Å². The van der Waals surface area contributed by atoms with E-state index >= 15 is 0 Å². The lowest BCUT2D eigenvalue weighted by Crippen LogP contribution is -2.53. The average molecular weight is 434 g/mol. The Morgan fingerprint density at radius 1 is 1.20 bits per heavy atom. The topological polar surface area (TPSA) is 85.8 Å². The summed E-state index contributed by atoms with van der Waals surface area (Å²) in [6.07, 6.45) is 4.90. The standard InChI is InChI=1S/C21H31N5O3S/c1-20(2,3)15-4-6-21(7-5-15)17(28)26(18(29)23-21)14-16(27)24-9-11-25(12-10-24)19-22-8-13-30-19/h8,13,15H,4-7,9-12,14H2,1-3H3,(H,23,29). The molecule has 2 saturated heterocycles. The number of nitrogens with zero attached hydrogens (tertiary/aromatic N) is 4. The molecule has 2 aliphatic heterocycles. The van der Waals surface area contributed by atoms with E-state index in [1.54, 1.807) is 22.4 Å². The van der Waals surface area contributed by atoms with Crippen LogP contribution in [0.2, 0.25) is 0 Å². The van der Waals surface area contributed by atoms with Crippen molar-refractivity contribution in [1.29, 1.82) is 0 Å². The normalized spacial score (nSPS) is 27.7. The molecule has 0 aromatic carbocycles. The second kappa shape index (κ2) is 7.83. The molecular formula is C21H31N5O3S. The SMILES string of the molecule is CC(C)(C)C1CCC2(CC1)NC(=O)N(CC(=O)N1CCN(c3nccs3)CC1)C2=O. The summed E-state index contributed by atoms with van der Waals surface area (Å²) in [6.45, 7) is 9.06. The molecule has 1 aromatic rings. The maximum Gasteiger partial charge on any atom is 0.325 e. The molecule has 0 bridgehead atoms. The molecular weight excluding hydrogens is 402 g/mol. The number of carbonyl (C=O) groups is 3. The molecule has 3 aliphatic rings. The highest BCUT2D eigenvalue weighted by Crippen LogP contribution is 2.43. The predicted molar refractivity (Wildman–Crippen MR) is 115 cm³/mol. The molecule has 1 spiro atoms. The van der Waals surface area contributed by atoms with Gasteiger partial charge in [0.25, 0.3) is 5.91 Å². The summed E-state index contributed by atoms with van der Waals surface area (Å²) in [5.41, 5.74) is -0.619.